The van der Waals surface area contributed by atoms with Crippen LogP contribution in [0.1, 0.15) is 0 Å². The lowest BCUT2D eigenvalue weighted by Gasteiger charge is -2.08. The summed E-state index contributed by atoms with van der Waals surface area (Å²) in [7, 11) is -3.78. The number of phenols is 1. The van der Waals surface area contributed by atoms with E-state index in [1.807, 2.05) is 0 Å². The van der Waals surface area contributed by atoms with Crippen molar-refractivity contribution in [2.75, 3.05) is 4.72 Å². The van der Waals surface area contributed by atoms with Gasteiger partial charge in [-0.15, -0.1) is 0 Å². The fourth-order valence-electron chi connectivity index (χ4n) is 1.78. The summed E-state index contributed by atoms with van der Waals surface area (Å²) in [6, 6.07) is 10.7. The molecule has 0 bridgehead atoms. The van der Waals surface area contributed by atoms with Gasteiger partial charge in [-0.2, -0.15) is 8.75 Å². The number of fused-ring (bicyclic) bond motifs is 1. The summed E-state index contributed by atoms with van der Waals surface area (Å²) in [4.78, 5) is 0.0621. The number of phenolic OH excluding ortho intramolecular Hbond substituents is 1. The first-order valence-corrected chi connectivity index (χ1v) is 7.81. The van der Waals surface area contributed by atoms with Crippen LogP contribution in [0.4, 0.5) is 5.69 Å². The van der Waals surface area contributed by atoms with Crippen LogP contribution in [0.2, 0.25) is 0 Å². The molecule has 102 valence electrons. The van der Waals surface area contributed by atoms with E-state index in [1.54, 1.807) is 24.3 Å². The Morgan fingerprint density at radius 1 is 1.10 bits per heavy atom. The minimum Gasteiger partial charge on any atom is -0.508 e. The van der Waals surface area contributed by atoms with Crippen LogP contribution in [0.25, 0.3) is 11.0 Å². The summed E-state index contributed by atoms with van der Waals surface area (Å²) in [5, 5.41) is 9.36. The van der Waals surface area contributed by atoms with Crippen LogP contribution in [0.5, 0.6) is 5.75 Å². The van der Waals surface area contributed by atoms with E-state index in [0.29, 0.717) is 11.0 Å². The summed E-state index contributed by atoms with van der Waals surface area (Å²) in [5.74, 6) is -0.0151. The molecule has 3 rings (SSSR count). The van der Waals surface area contributed by atoms with E-state index in [9.17, 15) is 13.5 Å². The summed E-state index contributed by atoms with van der Waals surface area (Å²) in [5.41, 5.74) is 1.16. The van der Waals surface area contributed by atoms with Gasteiger partial charge in [0.15, 0.2) is 0 Å². The van der Waals surface area contributed by atoms with E-state index in [1.165, 1.54) is 18.2 Å². The minimum absolute atomic E-state index is 0.0151. The zero-order valence-corrected chi connectivity index (χ0v) is 11.6. The van der Waals surface area contributed by atoms with Crippen LogP contribution in [0.3, 0.4) is 0 Å². The fraction of sp³-hybridized carbons (Fsp3) is 0. The molecule has 1 heterocycles. The van der Waals surface area contributed by atoms with Crippen molar-refractivity contribution in [1.82, 2.24) is 8.75 Å². The SMILES string of the molecule is O=S(=O)(Nc1cccc(O)c1)c1cccc2nsnc12. The van der Waals surface area contributed by atoms with E-state index < -0.39 is 10.0 Å². The van der Waals surface area contributed by atoms with Gasteiger partial charge in [0.1, 0.15) is 21.7 Å². The van der Waals surface area contributed by atoms with E-state index >= 15 is 0 Å². The van der Waals surface area contributed by atoms with Crippen molar-refractivity contribution < 1.29 is 13.5 Å². The summed E-state index contributed by atoms with van der Waals surface area (Å²) in [6.07, 6.45) is 0. The smallest absolute Gasteiger partial charge is 0.264 e. The number of nitrogens with zero attached hydrogens (tertiary/aromatic N) is 2. The summed E-state index contributed by atoms with van der Waals surface area (Å²) in [6.45, 7) is 0. The maximum atomic E-state index is 12.4. The Labute approximate surface area is 119 Å². The van der Waals surface area contributed by atoms with Gasteiger partial charge in [0.05, 0.1) is 17.4 Å². The first-order chi connectivity index (χ1) is 9.56. The number of anilines is 1. The first-order valence-electron chi connectivity index (χ1n) is 5.59. The molecule has 2 aromatic carbocycles. The van der Waals surface area contributed by atoms with Crippen LogP contribution in [-0.2, 0) is 10.0 Å². The van der Waals surface area contributed by atoms with Gasteiger partial charge in [0, 0.05) is 6.07 Å². The molecule has 0 saturated heterocycles. The van der Waals surface area contributed by atoms with Crippen molar-refractivity contribution in [3.05, 3.63) is 42.5 Å². The molecule has 20 heavy (non-hydrogen) atoms. The molecule has 0 amide bonds. The average Bonchev–Trinajstić information content (AvgIpc) is 2.85. The number of rotatable bonds is 3. The quantitative estimate of drug-likeness (QED) is 0.774. The zero-order chi connectivity index (χ0) is 14.2. The molecule has 0 aliphatic carbocycles. The van der Waals surface area contributed by atoms with Gasteiger partial charge in [-0.1, -0.05) is 12.1 Å². The van der Waals surface area contributed by atoms with Crippen LogP contribution >= 0.6 is 11.7 Å². The van der Waals surface area contributed by atoms with Gasteiger partial charge in [0.25, 0.3) is 10.0 Å². The molecule has 0 spiro atoms. The number of hydrogen-bond donors (Lipinski definition) is 2. The lowest BCUT2D eigenvalue weighted by atomic mass is 10.3. The number of nitrogens with one attached hydrogen (secondary N) is 1. The maximum Gasteiger partial charge on any atom is 0.264 e. The molecule has 1 aromatic heterocycles. The second-order valence-electron chi connectivity index (χ2n) is 4.04. The minimum atomic E-state index is -3.78. The average molecular weight is 307 g/mol. The molecular weight excluding hydrogens is 298 g/mol. The number of aromatic nitrogens is 2. The van der Waals surface area contributed by atoms with Gasteiger partial charge >= 0.3 is 0 Å². The van der Waals surface area contributed by atoms with E-state index in [4.69, 9.17) is 0 Å². The van der Waals surface area contributed by atoms with E-state index in [0.717, 1.165) is 11.7 Å². The summed E-state index contributed by atoms with van der Waals surface area (Å²) < 4.78 is 35.2. The Hall–Kier alpha value is -2.19. The second kappa shape index (κ2) is 4.73. The van der Waals surface area contributed by atoms with Gasteiger partial charge in [-0.05, 0) is 24.3 Å². The van der Waals surface area contributed by atoms with Gasteiger partial charge in [0.2, 0.25) is 0 Å². The number of aromatic hydroxyl groups is 1. The molecule has 8 heteroatoms. The van der Waals surface area contributed by atoms with Crippen molar-refractivity contribution in [3.8, 4) is 5.75 Å². The molecule has 6 nitrogen and oxygen atoms in total. The number of sulfonamides is 1. The molecule has 0 saturated carbocycles. The highest BCUT2D eigenvalue weighted by molar-refractivity contribution is 7.93. The Kier molecular flexibility index (Phi) is 3.03. The second-order valence-corrected chi connectivity index (χ2v) is 6.22. The third kappa shape index (κ3) is 2.30. The van der Waals surface area contributed by atoms with Crippen molar-refractivity contribution in [2.24, 2.45) is 0 Å². The predicted molar refractivity (Wildman–Crippen MR) is 76.3 cm³/mol. The molecule has 0 fully saturated rings. The molecular formula is C12H9N3O3S2. The Morgan fingerprint density at radius 2 is 1.90 bits per heavy atom. The summed E-state index contributed by atoms with van der Waals surface area (Å²) >= 11 is 0.960. The number of benzene rings is 2. The van der Waals surface area contributed by atoms with E-state index in [2.05, 4.69) is 13.5 Å². The molecule has 0 aliphatic rings. The molecule has 0 atom stereocenters. The Morgan fingerprint density at radius 3 is 2.70 bits per heavy atom. The van der Waals surface area contributed by atoms with Gasteiger partial charge in [-0.3, -0.25) is 4.72 Å². The van der Waals surface area contributed by atoms with Crippen LogP contribution < -0.4 is 4.72 Å². The Balaban J connectivity index is 2.06. The molecule has 0 aliphatic heterocycles. The van der Waals surface area contributed by atoms with Gasteiger partial charge < -0.3 is 5.11 Å². The van der Waals surface area contributed by atoms with Crippen LogP contribution in [0, 0.1) is 0 Å². The number of hydrogen-bond acceptors (Lipinski definition) is 6. The predicted octanol–water partition coefficient (Wildman–Crippen LogP) is 2.20. The third-order valence-electron chi connectivity index (χ3n) is 2.64. The molecule has 3 aromatic rings. The van der Waals surface area contributed by atoms with Crippen molar-refractivity contribution in [1.29, 1.82) is 0 Å². The molecule has 0 radical (unpaired) electrons. The lowest BCUT2D eigenvalue weighted by Crippen LogP contribution is -2.13. The standard InChI is InChI=1S/C12H9N3O3S2/c16-9-4-1-3-8(7-9)15-20(17,18)11-6-2-5-10-12(11)14-19-13-10/h1-7,15-16H. The van der Waals surface area contributed by atoms with Gasteiger partial charge in [-0.25, -0.2) is 8.42 Å². The topological polar surface area (TPSA) is 92.2 Å². The van der Waals surface area contributed by atoms with E-state index in [-0.39, 0.29) is 16.3 Å². The molecule has 0 unspecified atom stereocenters. The zero-order valence-electron chi connectivity index (χ0n) is 10.0. The van der Waals surface area contributed by atoms with Crippen molar-refractivity contribution >= 4 is 38.5 Å². The van der Waals surface area contributed by atoms with Crippen molar-refractivity contribution in [2.45, 2.75) is 4.90 Å². The first kappa shape index (κ1) is 12.8. The fourth-order valence-corrected chi connectivity index (χ4v) is 3.59. The highest BCUT2D eigenvalue weighted by Crippen LogP contribution is 2.24. The molecule has 2 N–H and O–H groups in total. The lowest BCUT2D eigenvalue weighted by molar-refractivity contribution is 0.475. The van der Waals surface area contributed by atoms with Crippen LogP contribution in [0.15, 0.2) is 47.4 Å². The monoisotopic (exact) mass is 307 g/mol. The largest absolute Gasteiger partial charge is 0.508 e. The Bertz CT molecular complexity index is 874. The maximum absolute atomic E-state index is 12.4. The van der Waals surface area contributed by atoms with Crippen LogP contribution in [-0.4, -0.2) is 22.3 Å². The third-order valence-corrected chi connectivity index (χ3v) is 4.59. The highest BCUT2D eigenvalue weighted by atomic mass is 32.2. The highest BCUT2D eigenvalue weighted by Gasteiger charge is 2.19. The van der Waals surface area contributed by atoms with Crippen molar-refractivity contribution in [3.63, 3.8) is 0 Å². The normalized spacial score (nSPS) is 11.6.